The largest absolute Gasteiger partial charge is 0.370 e. The molecule has 0 saturated carbocycles. The summed E-state index contributed by atoms with van der Waals surface area (Å²) in [6.07, 6.45) is 2.46. The van der Waals surface area contributed by atoms with Crippen molar-refractivity contribution in [1.82, 2.24) is 4.90 Å². The van der Waals surface area contributed by atoms with Gasteiger partial charge in [-0.2, -0.15) is 0 Å². The minimum Gasteiger partial charge on any atom is -0.370 e. The van der Waals surface area contributed by atoms with E-state index < -0.39 is 5.82 Å². The molecule has 1 N–H and O–H groups in total. The predicted octanol–water partition coefficient (Wildman–Crippen LogP) is 4.20. The summed E-state index contributed by atoms with van der Waals surface area (Å²) in [5.74, 6) is -1.53. The van der Waals surface area contributed by atoms with E-state index in [1.54, 1.807) is 30.3 Å². The zero-order chi connectivity index (χ0) is 21.3. The lowest BCUT2D eigenvalue weighted by Gasteiger charge is -2.22. The number of benzene rings is 2. The number of nitrogens with zero attached hydrogens (tertiary/aromatic N) is 2. The fourth-order valence-electron chi connectivity index (χ4n) is 3.92. The summed E-state index contributed by atoms with van der Waals surface area (Å²) in [7, 11) is 0. The van der Waals surface area contributed by atoms with Crippen LogP contribution in [0.25, 0.3) is 0 Å². The van der Waals surface area contributed by atoms with E-state index in [-0.39, 0.29) is 36.4 Å². The topological polar surface area (TPSA) is 69.7 Å². The summed E-state index contributed by atoms with van der Waals surface area (Å²) in [4.78, 5) is 40.6. The molecule has 156 valence electrons. The molecule has 8 heteroatoms. The summed E-state index contributed by atoms with van der Waals surface area (Å²) in [5.41, 5.74) is 1.61. The first-order chi connectivity index (χ1) is 14.5. The van der Waals surface area contributed by atoms with E-state index >= 15 is 0 Å². The molecule has 6 nitrogen and oxygen atoms in total. The van der Waals surface area contributed by atoms with Crippen molar-refractivity contribution in [1.29, 1.82) is 0 Å². The van der Waals surface area contributed by atoms with Crippen LogP contribution < -0.4 is 10.2 Å². The number of hydrogen-bond acceptors (Lipinski definition) is 4. The number of anilines is 2. The molecular formula is C22H21BrFN3O3. The van der Waals surface area contributed by atoms with E-state index in [2.05, 4.69) is 26.1 Å². The molecule has 2 aliphatic rings. The van der Waals surface area contributed by atoms with Gasteiger partial charge in [0.25, 0.3) is 11.8 Å². The number of nitrogens with one attached hydrogen (secondary N) is 1. The van der Waals surface area contributed by atoms with Gasteiger partial charge < -0.3 is 10.2 Å². The van der Waals surface area contributed by atoms with E-state index in [1.165, 1.54) is 6.07 Å². The lowest BCUT2D eigenvalue weighted by Crippen LogP contribution is -2.31. The number of hydrogen-bond donors (Lipinski definition) is 1. The van der Waals surface area contributed by atoms with E-state index in [4.69, 9.17) is 0 Å². The van der Waals surface area contributed by atoms with Gasteiger partial charge in [0.05, 0.1) is 16.8 Å². The number of halogens is 2. The summed E-state index contributed by atoms with van der Waals surface area (Å²) < 4.78 is 15.1. The Kier molecular flexibility index (Phi) is 5.85. The number of rotatable bonds is 6. The Labute approximate surface area is 182 Å². The van der Waals surface area contributed by atoms with Crippen molar-refractivity contribution in [3.8, 4) is 0 Å². The standard InChI is InChI=1S/C22H21BrFN3O3/c23-14-8-9-15-16(13-14)22(30)27(21(15)29)12-4-7-19(28)25-20-17(24)5-3-6-18(20)26-10-1-2-11-26/h3,5-6,8-9,13H,1-2,4,7,10-12H2,(H,25,28). The van der Waals surface area contributed by atoms with Gasteiger partial charge in [0.2, 0.25) is 5.91 Å². The number of para-hydroxylation sites is 1. The number of amides is 3. The van der Waals surface area contributed by atoms with Gasteiger partial charge in [-0.3, -0.25) is 19.3 Å². The molecule has 0 unspecified atom stereocenters. The van der Waals surface area contributed by atoms with Gasteiger partial charge in [0.15, 0.2) is 0 Å². The van der Waals surface area contributed by atoms with Crippen molar-refractivity contribution in [2.45, 2.75) is 25.7 Å². The fraction of sp³-hybridized carbons (Fsp3) is 0.318. The van der Waals surface area contributed by atoms with Crippen molar-refractivity contribution < 1.29 is 18.8 Å². The smallest absolute Gasteiger partial charge is 0.261 e. The molecule has 0 aliphatic carbocycles. The van der Waals surface area contributed by atoms with Crippen LogP contribution in [-0.4, -0.2) is 42.3 Å². The van der Waals surface area contributed by atoms with Crippen molar-refractivity contribution >= 4 is 45.0 Å². The van der Waals surface area contributed by atoms with Crippen LogP contribution in [0.2, 0.25) is 0 Å². The quantitative estimate of drug-likeness (QED) is 0.638. The Morgan fingerprint density at radius 3 is 2.57 bits per heavy atom. The fourth-order valence-corrected chi connectivity index (χ4v) is 4.28. The summed E-state index contributed by atoms with van der Waals surface area (Å²) in [5, 5.41) is 2.68. The average molecular weight is 474 g/mol. The normalized spacial score (nSPS) is 15.7. The summed E-state index contributed by atoms with van der Waals surface area (Å²) in [6.45, 7) is 1.80. The molecule has 0 bridgehead atoms. The molecule has 2 aliphatic heterocycles. The van der Waals surface area contributed by atoms with Crippen LogP contribution in [0.3, 0.4) is 0 Å². The average Bonchev–Trinajstić information content (AvgIpc) is 3.33. The van der Waals surface area contributed by atoms with E-state index in [0.29, 0.717) is 23.2 Å². The predicted molar refractivity (Wildman–Crippen MR) is 115 cm³/mol. The number of imide groups is 1. The second-order valence-electron chi connectivity index (χ2n) is 7.43. The first-order valence-electron chi connectivity index (χ1n) is 9.95. The maximum absolute atomic E-state index is 14.4. The SMILES string of the molecule is O=C(CCCN1C(=O)c2ccc(Br)cc2C1=O)Nc1c(F)cccc1N1CCCC1. The number of carbonyl (C=O) groups excluding carboxylic acids is 3. The lowest BCUT2D eigenvalue weighted by molar-refractivity contribution is -0.116. The molecule has 0 spiro atoms. The Bertz CT molecular complexity index is 1020. The highest BCUT2D eigenvalue weighted by Crippen LogP contribution is 2.31. The van der Waals surface area contributed by atoms with Gasteiger partial charge in [-0.25, -0.2) is 4.39 Å². The zero-order valence-electron chi connectivity index (χ0n) is 16.3. The van der Waals surface area contributed by atoms with Crippen molar-refractivity contribution in [3.63, 3.8) is 0 Å². The third-order valence-corrected chi connectivity index (χ3v) is 5.91. The molecule has 4 rings (SSSR count). The monoisotopic (exact) mass is 473 g/mol. The first-order valence-corrected chi connectivity index (χ1v) is 10.7. The van der Waals surface area contributed by atoms with Crippen molar-refractivity contribution in [2.75, 3.05) is 29.9 Å². The van der Waals surface area contributed by atoms with Crippen LogP contribution in [0.5, 0.6) is 0 Å². The van der Waals surface area contributed by atoms with Gasteiger partial charge >= 0.3 is 0 Å². The van der Waals surface area contributed by atoms with E-state index in [9.17, 15) is 18.8 Å². The van der Waals surface area contributed by atoms with Crippen LogP contribution in [0.15, 0.2) is 40.9 Å². The van der Waals surface area contributed by atoms with Crippen LogP contribution in [0.1, 0.15) is 46.4 Å². The highest BCUT2D eigenvalue weighted by atomic mass is 79.9. The molecular weight excluding hydrogens is 453 g/mol. The van der Waals surface area contributed by atoms with Crippen LogP contribution in [-0.2, 0) is 4.79 Å². The highest BCUT2D eigenvalue weighted by molar-refractivity contribution is 9.10. The molecule has 0 radical (unpaired) electrons. The molecule has 3 amide bonds. The second-order valence-corrected chi connectivity index (χ2v) is 8.35. The van der Waals surface area contributed by atoms with Crippen LogP contribution >= 0.6 is 15.9 Å². The number of fused-ring (bicyclic) bond motifs is 1. The Hall–Kier alpha value is -2.74. The van der Waals surface area contributed by atoms with Crippen molar-refractivity contribution in [3.05, 3.63) is 57.8 Å². The molecule has 2 aromatic rings. The van der Waals surface area contributed by atoms with Gasteiger partial charge in [0, 0.05) is 30.5 Å². The molecule has 2 aromatic carbocycles. The van der Waals surface area contributed by atoms with E-state index in [1.807, 2.05) is 0 Å². The maximum atomic E-state index is 14.4. The Morgan fingerprint density at radius 2 is 1.80 bits per heavy atom. The third kappa shape index (κ3) is 3.96. The minimum atomic E-state index is -0.473. The highest BCUT2D eigenvalue weighted by Gasteiger charge is 2.35. The summed E-state index contributed by atoms with van der Waals surface area (Å²) >= 11 is 3.30. The van der Waals surface area contributed by atoms with E-state index in [0.717, 1.165) is 35.3 Å². The van der Waals surface area contributed by atoms with Gasteiger partial charge in [-0.1, -0.05) is 22.0 Å². The Morgan fingerprint density at radius 1 is 1.07 bits per heavy atom. The minimum absolute atomic E-state index is 0.0743. The van der Waals surface area contributed by atoms with Gasteiger partial charge in [-0.05, 0) is 49.6 Å². The van der Waals surface area contributed by atoms with Gasteiger partial charge in [-0.15, -0.1) is 0 Å². The Balaban J connectivity index is 1.37. The van der Waals surface area contributed by atoms with Gasteiger partial charge in [0.1, 0.15) is 11.5 Å². The first kappa shape index (κ1) is 20.5. The van der Waals surface area contributed by atoms with Crippen LogP contribution in [0, 0.1) is 5.82 Å². The maximum Gasteiger partial charge on any atom is 0.261 e. The number of carbonyl (C=O) groups is 3. The summed E-state index contributed by atoms with van der Waals surface area (Å²) in [6, 6.07) is 9.73. The molecule has 0 atom stereocenters. The molecule has 2 heterocycles. The molecule has 0 aromatic heterocycles. The zero-order valence-corrected chi connectivity index (χ0v) is 17.9. The van der Waals surface area contributed by atoms with Crippen LogP contribution in [0.4, 0.5) is 15.8 Å². The molecule has 1 fully saturated rings. The molecule has 1 saturated heterocycles. The molecule has 30 heavy (non-hydrogen) atoms. The third-order valence-electron chi connectivity index (χ3n) is 5.42. The second kappa shape index (κ2) is 8.55. The lowest BCUT2D eigenvalue weighted by atomic mass is 10.1. The van der Waals surface area contributed by atoms with Crippen molar-refractivity contribution in [2.24, 2.45) is 0 Å².